The van der Waals surface area contributed by atoms with Crippen LogP contribution in [0, 0.1) is 13.8 Å². The summed E-state index contributed by atoms with van der Waals surface area (Å²) >= 11 is 7.37. The smallest absolute Gasteiger partial charge is 0.271 e. The third kappa shape index (κ3) is 5.79. The number of amides is 1. The topological polar surface area (TPSA) is 41.9 Å². The average Bonchev–Trinajstić information content (AvgIpc) is 3.19. The highest BCUT2D eigenvalue weighted by Gasteiger charge is 2.34. The van der Waals surface area contributed by atoms with Crippen molar-refractivity contribution in [3.8, 4) is 5.75 Å². The van der Waals surface area contributed by atoms with Crippen LogP contribution in [0.4, 0.5) is 11.4 Å². The number of hydrogen-bond acceptors (Lipinski definition) is 4. The lowest BCUT2D eigenvalue weighted by molar-refractivity contribution is -0.113. The fraction of sp³-hybridized carbons (Fsp3) is 0.0968. The van der Waals surface area contributed by atoms with Crippen LogP contribution in [0.5, 0.6) is 5.75 Å². The molecule has 1 amide bonds. The second kappa shape index (κ2) is 11.1. The number of aliphatic imine (C=N–C) groups is 1. The van der Waals surface area contributed by atoms with E-state index in [-0.39, 0.29) is 5.91 Å². The van der Waals surface area contributed by atoms with Gasteiger partial charge in [0.1, 0.15) is 12.4 Å². The first-order valence-corrected chi connectivity index (χ1v) is 13.1. The van der Waals surface area contributed by atoms with Gasteiger partial charge in [0.2, 0.25) is 0 Å². The lowest BCUT2D eigenvalue weighted by Gasteiger charge is -2.15. The van der Waals surface area contributed by atoms with Gasteiger partial charge in [-0.3, -0.25) is 9.69 Å². The average molecular weight is 525 g/mol. The molecule has 1 aliphatic rings. The summed E-state index contributed by atoms with van der Waals surface area (Å²) in [6, 6.07) is 31.0. The Morgan fingerprint density at radius 1 is 0.892 bits per heavy atom. The van der Waals surface area contributed by atoms with E-state index in [0.717, 1.165) is 39.4 Å². The second-order valence-electron chi connectivity index (χ2n) is 8.72. The Kier molecular flexibility index (Phi) is 7.45. The van der Waals surface area contributed by atoms with Crippen LogP contribution >= 0.6 is 23.4 Å². The van der Waals surface area contributed by atoms with Gasteiger partial charge in [0, 0.05) is 5.02 Å². The molecule has 0 N–H and O–H groups in total. The van der Waals surface area contributed by atoms with Crippen LogP contribution in [0.1, 0.15) is 22.3 Å². The summed E-state index contributed by atoms with van der Waals surface area (Å²) in [6.45, 7) is 4.50. The van der Waals surface area contributed by atoms with Crippen LogP contribution in [-0.4, -0.2) is 11.1 Å². The summed E-state index contributed by atoms with van der Waals surface area (Å²) in [7, 11) is 0. The number of benzene rings is 4. The minimum atomic E-state index is -0.0933. The standard InChI is InChI=1S/C31H25ClN2O2S/c1-21-17-24(18-22(2)29(21)36-20-23-13-15-25(32)16-14-23)19-28-30(35)34(27-11-7-4-8-12-27)31(37-28)33-26-9-5-3-6-10-26/h3-19H,20H2,1-2H3/b28-19-,33-31?. The highest BCUT2D eigenvalue weighted by atomic mass is 35.5. The molecular weight excluding hydrogens is 500 g/mol. The maximum absolute atomic E-state index is 13.6. The number of thioether (sulfide) groups is 1. The second-order valence-corrected chi connectivity index (χ2v) is 10.2. The predicted octanol–water partition coefficient (Wildman–Crippen LogP) is 8.34. The molecule has 0 radical (unpaired) electrons. The number of halogens is 1. The van der Waals surface area contributed by atoms with Crippen molar-refractivity contribution in [2.45, 2.75) is 20.5 Å². The summed E-state index contributed by atoms with van der Waals surface area (Å²) in [5.74, 6) is 0.754. The number of carbonyl (C=O) groups excluding carboxylic acids is 1. The number of nitrogens with zero attached hydrogens (tertiary/aromatic N) is 2. The SMILES string of the molecule is Cc1cc(/C=C2\SC(=Nc3ccccc3)N(c3ccccc3)C2=O)cc(C)c1OCc1ccc(Cl)cc1. The summed E-state index contributed by atoms with van der Waals surface area (Å²) in [4.78, 5) is 20.6. The molecule has 37 heavy (non-hydrogen) atoms. The molecule has 1 heterocycles. The zero-order chi connectivity index (χ0) is 25.8. The van der Waals surface area contributed by atoms with Crippen molar-refractivity contribution in [2.75, 3.05) is 4.90 Å². The number of rotatable bonds is 6. The van der Waals surface area contributed by atoms with Crippen molar-refractivity contribution in [3.63, 3.8) is 0 Å². The van der Waals surface area contributed by atoms with Crippen molar-refractivity contribution in [1.29, 1.82) is 0 Å². The monoisotopic (exact) mass is 524 g/mol. The minimum Gasteiger partial charge on any atom is -0.488 e. The van der Waals surface area contributed by atoms with E-state index < -0.39 is 0 Å². The normalized spacial score (nSPS) is 15.5. The van der Waals surface area contributed by atoms with Gasteiger partial charge in [-0.05, 0) is 102 Å². The maximum Gasteiger partial charge on any atom is 0.271 e. The number of amidine groups is 1. The van der Waals surface area contributed by atoms with Crippen LogP contribution < -0.4 is 9.64 Å². The first-order chi connectivity index (χ1) is 18.0. The van der Waals surface area contributed by atoms with Gasteiger partial charge < -0.3 is 4.74 Å². The number of anilines is 1. The van der Waals surface area contributed by atoms with Crippen LogP contribution in [-0.2, 0) is 11.4 Å². The fourth-order valence-electron chi connectivity index (χ4n) is 4.15. The zero-order valence-electron chi connectivity index (χ0n) is 20.5. The van der Waals surface area contributed by atoms with Gasteiger partial charge in [0.15, 0.2) is 5.17 Å². The summed E-state index contributed by atoms with van der Waals surface area (Å²) in [6.07, 6.45) is 1.93. The lowest BCUT2D eigenvalue weighted by Crippen LogP contribution is -2.28. The first-order valence-electron chi connectivity index (χ1n) is 11.9. The molecule has 0 aliphatic carbocycles. The lowest BCUT2D eigenvalue weighted by atomic mass is 10.0. The van der Waals surface area contributed by atoms with E-state index in [4.69, 9.17) is 21.3 Å². The van der Waals surface area contributed by atoms with Gasteiger partial charge >= 0.3 is 0 Å². The molecule has 0 aromatic heterocycles. The Balaban J connectivity index is 1.43. The van der Waals surface area contributed by atoms with Gasteiger partial charge in [-0.2, -0.15) is 0 Å². The molecule has 4 aromatic carbocycles. The van der Waals surface area contributed by atoms with Gasteiger partial charge in [0.25, 0.3) is 5.91 Å². The Labute approximate surface area is 226 Å². The summed E-state index contributed by atoms with van der Waals surface area (Å²) in [5, 5.41) is 1.33. The molecule has 4 aromatic rings. The van der Waals surface area contributed by atoms with Crippen molar-refractivity contribution in [1.82, 2.24) is 0 Å². The molecule has 0 atom stereocenters. The van der Waals surface area contributed by atoms with Gasteiger partial charge in [0.05, 0.1) is 16.3 Å². The fourth-order valence-corrected chi connectivity index (χ4v) is 5.28. The molecule has 1 fully saturated rings. The molecule has 5 rings (SSSR count). The van der Waals surface area contributed by atoms with Crippen LogP contribution in [0.25, 0.3) is 6.08 Å². The van der Waals surface area contributed by atoms with E-state index in [0.29, 0.717) is 21.7 Å². The van der Waals surface area contributed by atoms with E-state index in [9.17, 15) is 4.79 Å². The third-order valence-electron chi connectivity index (χ3n) is 5.88. The maximum atomic E-state index is 13.6. The number of para-hydroxylation sites is 2. The Hall–Kier alpha value is -3.80. The van der Waals surface area contributed by atoms with Crippen LogP contribution in [0.3, 0.4) is 0 Å². The van der Waals surface area contributed by atoms with Gasteiger partial charge in [-0.1, -0.05) is 60.1 Å². The highest BCUT2D eigenvalue weighted by Crippen LogP contribution is 2.38. The largest absolute Gasteiger partial charge is 0.488 e. The van der Waals surface area contributed by atoms with Gasteiger partial charge in [-0.15, -0.1) is 0 Å². The van der Waals surface area contributed by atoms with E-state index in [1.54, 1.807) is 4.90 Å². The van der Waals surface area contributed by atoms with E-state index >= 15 is 0 Å². The molecule has 0 bridgehead atoms. The molecule has 184 valence electrons. The van der Waals surface area contributed by atoms with E-state index in [2.05, 4.69) is 0 Å². The van der Waals surface area contributed by atoms with Crippen molar-refractivity contribution >= 4 is 51.9 Å². The Morgan fingerprint density at radius 3 is 2.16 bits per heavy atom. The van der Waals surface area contributed by atoms with Crippen LogP contribution in [0.2, 0.25) is 5.02 Å². The Morgan fingerprint density at radius 2 is 1.51 bits per heavy atom. The van der Waals surface area contributed by atoms with E-state index in [1.807, 2.05) is 117 Å². The molecular formula is C31H25ClN2O2S. The number of ether oxygens (including phenoxy) is 1. The van der Waals surface area contributed by atoms with E-state index in [1.165, 1.54) is 11.8 Å². The number of carbonyl (C=O) groups is 1. The van der Waals surface area contributed by atoms with Crippen molar-refractivity contribution in [3.05, 3.63) is 129 Å². The number of aryl methyl sites for hydroxylation is 2. The van der Waals surface area contributed by atoms with Crippen LogP contribution in [0.15, 0.2) is 107 Å². The Bertz CT molecular complexity index is 1460. The van der Waals surface area contributed by atoms with Crippen molar-refractivity contribution < 1.29 is 9.53 Å². The molecule has 1 saturated heterocycles. The quantitative estimate of drug-likeness (QED) is 0.238. The summed E-state index contributed by atoms with van der Waals surface area (Å²) < 4.78 is 6.13. The molecule has 4 nitrogen and oxygen atoms in total. The highest BCUT2D eigenvalue weighted by molar-refractivity contribution is 8.19. The molecule has 0 unspecified atom stereocenters. The predicted molar refractivity (Wildman–Crippen MR) is 155 cm³/mol. The third-order valence-corrected chi connectivity index (χ3v) is 7.10. The van der Waals surface area contributed by atoms with Gasteiger partial charge in [-0.25, -0.2) is 4.99 Å². The zero-order valence-corrected chi connectivity index (χ0v) is 22.1. The van der Waals surface area contributed by atoms with Crippen molar-refractivity contribution in [2.24, 2.45) is 4.99 Å². The first kappa shape index (κ1) is 24.9. The molecule has 1 aliphatic heterocycles. The molecule has 6 heteroatoms. The minimum absolute atomic E-state index is 0.0933. The molecule has 0 spiro atoms. The summed E-state index contributed by atoms with van der Waals surface area (Å²) in [5.41, 5.74) is 5.60. The number of hydrogen-bond donors (Lipinski definition) is 0. The molecule has 0 saturated carbocycles.